The smallest absolute Gasteiger partial charge is 0.417 e. The van der Waals surface area contributed by atoms with Crippen LogP contribution in [0.5, 0.6) is 0 Å². The van der Waals surface area contributed by atoms with Crippen molar-refractivity contribution >= 4 is 17.6 Å². The molecular weight excluding hydrogens is 251 g/mol. The van der Waals surface area contributed by atoms with Crippen molar-refractivity contribution in [3.05, 3.63) is 29.3 Å². The van der Waals surface area contributed by atoms with Gasteiger partial charge in [0.2, 0.25) is 0 Å². The van der Waals surface area contributed by atoms with E-state index in [1.165, 1.54) is 6.07 Å². The van der Waals surface area contributed by atoms with Crippen molar-refractivity contribution < 1.29 is 22.7 Å². The summed E-state index contributed by atoms with van der Waals surface area (Å²) in [5, 5.41) is 9.17. The molecule has 1 amide bonds. The number of alkyl halides is 3. The van der Waals surface area contributed by atoms with Gasteiger partial charge in [-0.25, -0.2) is 4.79 Å². The molecule has 0 bridgehead atoms. The minimum atomic E-state index is -4.67. The predicted molar refractivity (Wildman–Crippen MR) is 58.5 cm³/mol. The Morgan fingerprint density at radius 1 is 1.44 bits per heavy atom. The normalized spacial score (nSPS) is 10.9. The maximum Gasteiger partial charge on any atom is 0.417 e. The fourth-order valence-electron chi connectivity index (χ4n) is 1.26. The Labute approximate surface area is 100 Å². The van der Waals surface area contributed by atoms with Crippen molar-refractivity contribution in [2.75, 3.05) is 12.4 Å². The van der Waals surface area contributed by atoms with Crippen LogP contribution in [0.3, 0.4) is 0 Å². The van der Waals surface area contributed by atoms with E-state index in [1.54, 1.807) is 0 Å². The highest BCUT2D eigenvalue weighted by molar-refractivity contribution is 5.97. The first kappa shape index (κ1) is 13.8. The Kier molecular flexibility index (Phi) is 3.79. The van der Waals surface area contributed by atoms with Gasteiger partial charge in [0, 0.05) is 11.3 Å². The molecule has 5 nitrogen and oxygen atoms in total. The maximum atomic E-state index is 12.7. The van der Waals surface area contributed by atoms with Gasteiger partial charge in [0.15, 0.2) is 0 Å². The molecule has 0 atom stereocenters. The summed E-state index contributed by atoms with van der Waals surface area (Å²) in [6.45, 7) is 0. The van der Waals surface area contributed by atoms with Gasteiger partial charge in [0.05, 0.1) is 12.7 Å². The number of benzene rings is 1. The van der Waals surface area contributed by atoms with E-state index in [0.29, 0.717) is 6.07 Å². The van der Waals surface area contributed by atoms with Crippen LogP contribution in [0.4, 0.5) is 23.7 Å². The van der Waals surface area contributed by atoms with Crippen molar-refractivity contribution in [2.45, 2.75) is 6.18 Å². The quantitative estimate of drug-likeness (QED) is 0.563. The summed E-state index contributed by atoms with van der Waals surface area (Å²) < 4.78 is 42.4. The molecule has 0 radical (unpaired) electrons. The van der Waals surface area contributed by atoms with E-state index in [9.17, 15) is 18.0 Å². The Morgan fingerprint density at radius 3 is 2.50 bits per heavy atom. The molecule has 0 saturated carbocycles. The number of amidine groups is 1. The molecule has 1 aromatic rings. The van der Waals surface area contributed by atoms with Crippen LogP contribution >= 0.6 is 0 Å². The van der Waals surface area contributed by atoms with Gasteiger partial charge in [0.1, 0.15) is 5.84 Å². The second kappa shape index (κ2) is 4.94. The number of ether oxygens (including phenoxy) is 1. The van der Waals surface area contributed by atoms with E-state index < -0.39 is 29.2 Å². The standard InChI is InChI=1S/C10H10F3N3O2/c1-18-9(17)16-5-2-3-6(8(14)15)7(4-5)10(11,12)13/h2-4H,1H3,(H3,14,15)(H,16,17). The molecule has 1 rings (SSSR count). The fraction of sp³-hybridized carbons (Fsp3) is 0.200. The summed E-state index contributed by atoms with van der Waals surface area (Å²) >= 11 is 0. The van der Waals surface area contributed by atoms with Gasteiger partial charge in [-0.2, -0.15) is 13.2 Å². The first-order valence-corrected chi connectivity index (χ1v) is 4.66. The molecule has 0 fully saturated rings. The van der Waals surface area contributed by atoms with E-state index in [4.69, 9.17) is 11.1 Å². The van der Waals surface area contributed by atoms with Gasteiger partial charge >= 0.3 is 12.3 Å². The number of hydrogen-bond acceptors (Lipinski definition) is 3. The summed E-state index contributed by atoms with van der Waals surface area (Å²) in [4.78, 5) is 10.9. The van der Waals surface area contributed by atoms with E-state index >= 15 is 0 Å². The van der Waals surface area contributed by atoms with Crippen molar-refractivity contribution in [3.8, 4) is 0 Å². The van der Waals surface area contributed by atoms with Crippen LogP contribution < -0.4 is 11.1 Å². The van der Waals surface area contributed by atoms with Crippen LogP contribution in [0.25, 0.3) is 0 Å². The summed E-state index contributed by atoms with van der Waals surface area (Å²) in [5.74, 6) is -0.702. The molecule has 0 spiro atoms. The van der Waals surface area contributed by atoms with E-state index in [2.05, 4.69) is 10.1 Å². The summed E-state index contributed by atoms with van der Waals surface area (Å²) in [7, 11) is 1.09. The van der Waals surface area contributed by atoms with Gasteiger partial charge in [-0.15, -0.1) is 0 Å². The number of hydrogen-bond donors (Lipinski definition) is 3. The largest absolute Gasteiger partial charge is 0.453 e. The van der Waals surface area contributed by atoms with Crippen LogP contribution in [-0.4, -0.2) is 19.0 Å². The van der Waals surface area contributed by atoms with Gasteiger partial charge in [-0.3, -0.25) is 10.7 Å². The fourth-order valence-corrected chi connectivity index (χ4v) is 1.26. The summed E-state index contributed by atoms with van der Waals surface area (Å²) in [6.07, 6.45) is -5.56. The highest BCUT2D eigenvalue weighted by Gasteiger charge is 2.34. The van der Waals surface area contributed by atoms with Gasteiger partial charge in [-0.1, -0.05) is 0 Å². The number of nitrogens with one attached hydrogen (secondary N) is 2. The molecule has 4 N–H and O–H groups in total. The maximum absolute atomic E-state index is 12.7. The third kappa shape index (κ3) is 3.12. The van der Waals surface area contributed by atoms with E-state index in [1.807, 2.05) is 0 Å². The number of carbonyl (C=O) groups is 1. The van der Waals surface area contributed by atoms with E-state index in [-0.39, 0.29) is 5.69 Å². The topological polar surface area (TPSA) is 88.2 Å². The minimum absolute atomic E-state index is 0.0980. The zero-order chi connectivity index (χ0) is 13.9. The van der Waals surface area contributed by atoms with Crippen LogP contribution in [0, 0.1) is 5.41 Å². The van der Waals surface area contributed by atoms with Crippen LogP contribution in [0.15, 0.2) is 18.2 Å². The van der Waals surface area contributed by atoms with Gasteiger partial charge in [-0.05, 0) is 18.2 Å². The molecule has 8 heteroatoms. The molecule has 0 aliphatic carbocycles. The van der Waals surface area contributed by atoms with Crippen molar-refractivity contribution in [2.24, 2.45) is 5.73 Å². The lowest BCUT2D eigenvalue weighted by molar-refractivity contribution is -0.137. The Morgan fingerprint density at radius 2 is 2.06 bits per heavy atom. The second-order valence-corrected chi connectivity index (χ2v) is 3.29. The molecule has 0 unspecified atom stereocenters. The number of amides is 1. The van der Waals surface area contributed by atoms with Crippen molar-refractivity contribution in [1.29, 1.82) is 5.41 Å². The van der Waals surface area contributed by atoms with Crippen LogP contribution in [-0.2, 0) is 10.9 Å². The lowest BCUT2D eigenvalue weighted by atomic mass is 10.1. The molecule has 0 saturated heterocycles. The molecule has 18 heavy (non-hydrogen) atoms. The predicted octanol–water partition coefficient (Wildman–Crippen LogP) is 2.17. The average molecular weight is 261 g/mol. The molecule has 0 aliphatic heterocycles. The Bertz CT molecular complexity index is 486. The van der Waals surface area contributed by atoms with Crippen LogP contribution in [0.1, 0.15) is 11.1 Å². The molecule has 0 heterocycles. The number of nitrogens with two attached hydrogens (primary N) is 1. The third-order valence-corrected chi connectivity index (χ3v) is 2.05. The molecular formula is C10H10F3N3O2. The first-order valence-electron chi connectivity index (χ1n) is 4.66. The van der Waals surface area contributed by atoms with Crippen molar-refractivity contribution in [1.82, 2.24) is 0 Å². The molecule has 0 aromatic heterocycles. The minimum Gasteiger partial charge on any atom is -0.453 e. The van der Waals surface area contributed by atoms with Crippen molar-refractivity contribution in [3.63, 3.8) is 0 Å². The first-order chi connectivity index (χ1) is 8.25. The summed E-state index contributed by atoms with van der Waals surface area (Å²) in [5.41, 5.74) is 3.42. The lowest BCUT2D eigenvalue weighted by Gasteiger charge is -2.13. The number of halogens is 3. The number of carbonyl (C=O) groups excluding carboxylic acids is 1. The number of nitrogen functional groups attached to an aromatic ring is 1. The zero-order valence-corrected chi connectivity index (χ0v) is 9.26. The number of anilines is 1. The zero-order valence-electron chi connectivity index (χ0n) is 9.26. The highest BCUT2D eigenvalue weighted by Crippen LogP contribution is 2.33. The van der Waals surface area contributed by atoms with Crippen LogP contribution in [0.2, 0.25) is 0 Å². The summed E-state index contributed by atoms with van der Waals surface area (Å²) in [6, 6.07) is 2.90. The second-order valence-electron chi connectivity index (χ2n) is 3.29. The van der Waals surface area contributed by atoms with Gasteiger partial charge < -0.3 is 10.5 Å². The SMILES string of the molecule is COC(=O)Nc1ccc(C(=N)N)c(C(F)(F)F)c1. The van der Waals surface area contributed by atoms with E-state index in [0.717, 1.165) is 13.2 Å². The molecule has 1 aromatic carbocycles. The number of rotatable bonds is 2. The Hall–Kier alpha value is -2.25. The lowest BCUT2D eigenvalue weighted by Crippen LogP contribution is -2.20. The van der Waals surface area contributed by atoms with Gasteiger partial charge in [0.25, 0.3) is 0 Å². The molecule has 0 aliphatic rings. The molecule has 98 valence electrons. The number of methoxy groups -OCH3 is 1. The Balaban J connectivity index is 3.22. The average Bonchev–Trinajstić information content (AvgIpc) is 2.27. The highest BCUT2D eigenvalue weighted by atomic mass is 19.4. The monoisotopic (exact) mass is 261 g/mol. The third-order valence-electron chi connectivity index (χ3n) is 2.05.